The minimum Gasteiger partial charge on any atom is -0.493 e. The van der Waals surface area contributed by atoms with Gasteiger partial charge in [0.15, 0.2) is 22.3 Å². The molecule has 2 aliphatic rings. The maximum Gasteiger partial charge on any atom is 0.236 e. The average Bonchev–Trinajstić information content (AvgIpc) is 2.79. The molecule has 3 atom stereocenters. The smallest absolute Gasteiger partial charge is 0.236 e. The van der Waals surface area contributed by atoms with Crippen LogP contribution in [0.5, 0.6) is 11.5 Å². The zero-order chi connectivity index (χ0) is 24.0. The lowest BCUT2D eigenvalue weighted by molar-refractivity contribution is -0.130. The van der Waals surface area contributed by atoms with Gasteiger partial charge in [0.25, 0.3) is 0 Å². The molecular formula is C25H21Cl2N3O3S. The molecule has 0 saturated carbocycles. The van der Waals surface area contributed by atoms with E-state index in [0.717, 1.165) is 5.56 Å². The summed E-state index contributed by atoms with van der Waals surface area (Å²) in [5.74, 6) is 0.222. The molecule has 0 aliphatic carbocycles. The van der Waals surface area contributed by atoms with E-state index in [0.29, 0.717) is 38.0 Å². The highest BCUT2D eigenvalue weighted by molar-refractivity contribution is 7.80. The first-order chi connectivity index (χ1) is 16.3. The van der Waals surface area contributed by atoms with E-state index in [9.17, 15) is 4.79 Å². The van der Waals surface area contributed by atoms with Crippen molar-refractivity contribution < 1.29 is 14.3 Å². The van der Waals surface area contributed by atoms with Crippen molar-refractivity contribution in [2.75, 3.05) is 17.3 Å². The molecule has 3 aromatic carbocycles. The van der Waals surface area contributed by atoms with Gasteiger partial charge in [-0.2, -0.15) is 0 Å². The summed E-state index contributed by atoms with van der Waals surface area (Å²) in [6, 6.07) is 19.4. The molecule has 0 aromatic heterocycles. The normalized spacial score (nSPS) is 22.8. The molecule has 1 fully saturated rings. The molecule has 2 heterocycles. The highest BCUT2D eigenvalue weighted by Gasteiger charge is 2.59. The second-order valence-corrected chi connectivity index (χ2v) is 9.51. The second-order valence-electron chi connectivity index (χ2n) is 8.25. The Morgan fingerprint density at radius 3 is 2.56 bits per heavy atom. The fraction of sp³-hybridized carbons (Fsp3) is 0.200. The maximum absolute atomic E-state index is 13.8. The number of hydrogen-bond acceptors (Lipinski definition) is 4. The highest BCUT2D eigenvalue weighted by Crippen LogP contribution is 2.52. The Morgan fingerprint density at radius 1 is 1.12 bits per heavy atom. The standard InChI is InChI=1S/C25H21Cl2N3O3S/c1-25-20(23(31)28-16-11-9-14(26)10-12-16)21(18-7-4-8-19(32-2)22(18)33-25)29-24(34)30(25)17-6-3-5-15(27)13-17/h3-13,20-21H,1-2H3,(H,28,31)(H,29,34)/t20-,21+,25+/m1/s1. The van der Waals surface area contributed by atoms with E-state index in [4.69, 9.17) is 44.9 Å². The summed E-state index contributed by atoms with van der Waals surface area (Å²) >= 11 is 18.1. The van der Waals surface area contributed by atoms with Gasteiger partial charge < -0.3 is 20.1 Å². The number of para-hydroxylation sites is 1. The number of fused-ring (bicyclic) bond motifs is 4. The van der Waals surface area contributed by atoms with E-state index >= 15 is 0 Å². The van der Waals surface area contributed by atoms with Crippen molar-refractivity contribution in [1.82, 2.24) is 5.32 Å². The topological polar surface area (TPSA) is 62.8 Å². The van der Waals surface area contributed by atoms with E-state index in [-0.39, 0.29) is 5.91 Å². The minimum atomic E-state index is -1.18. The molecule has 0 radical (unpaired) electrons. The summed E-state index contributed by atoms with van der Waals surface area (Å²) in [6.07, 6.45) is 0. The van der Waals surface area contributed by atoms with Crippen LogP contribution in [0.15, 0.2) is 66.7 Å². The van der Waals surface area contributed by atoms with Crippen molar-refractivity contribution in [2.45, 2.75) is 18.7 Å². The average molecular weight is 514 g/mol. The Kier molecular flexibility index (Phi) is 5.80. The van der Waals surface area contributed by atoms with Gasteiger partial charge in [-0.25, -0.2) is 0 Å². The quantitative estimate of drug-likeness (QED) is 0.429. The SMILES string of the molecule is COc1cccc2c1O[C@@]1(C)[C@@H](C(=O)Nc3ccc(Cl)cc3)[C@H]2NC(=S)N1c1cccc(Cl)c1. The first-order valence-electron chi connectivity index (χ1n) is 10.6. The first-order valence-corrected chi connectivity index (χ1v) is 11.8. The van der Waals surface area contributed by atoms with Gasteiger partial charge in [0.05, 0.1) is 13.2 Å². The number of thiocarbonyl (C=S) groups is 1. The van der Waals surface area contributed by atoms with Crippen LogP contribution < -0.4 is 25.0 Å². The van der Waals surface area contributed by atoms with Crippen LogP contribution in [0.2, 0.25) is 10.0 Å². The summed E-state index contributed by atoms with van der Waals surface area (Å²) in [6.45, 7) is 1.86. The van der Waals surface area contributed by atoms with E-state index in [1.54, 1.807) is 48.4 Å². The number of halogens is 2. The Bertz CT molecular complexity index is 1290. The molecule has 9 heteroatoms. The monoisotopic (exact) mass is 513 g/mol. The van der Waals surface area contributed by atoms with Crippen molar-refractivity contribution in [2.24, 2.45) is 5.92 Å². The van der Waals surface area contributed by atoms with Crippen LogP contribution in [-0.2, 0) is 4.79 Å². The van der Waals surface area contributed by atoms with Crippen LogP contribution in [0.4, 0.5) is 11.4 Å². The van der Waals surface area contributed by atoms with Crippen molar-refractivity contribution in [3.8, 4) is 11.5 Å². The van der Waals surface area contributed by atoms with E-state index in [1.165, 1.54) is 0 Å². The van der Waals surface area contributed by atoms with Crippen molar-refractivity contribution >= 4 is 57.8 Å². The molecule has 2 N–H and O–H groups in total. The predicted octanol–water partition coefficient (Wildman–Crippen LogP) is 5.80. The fourth-order valence-corrected chi connectivity index (χ4v) is 5.41. The van der Waals surface area contributed by atoms with Crippen molar-refractivity contribution in [1.29, 1.82) is 0 Å². The number of anilines is 2. The van der Waals surface area contributed by atoms with E-state index in [1.807, 2.05) is 37.3 Å². The van der Waals surface area contributed by atoms with Gasteiger partial charge in [0.2, 0.25) is 5.91 Å². The highest BCUT2D eigenvalue weighted by atomic mass is 35.5. The van der Waals surface area contributed by atoms with E-state index in [2.05, 4.69) is 10.6 Å². The van der Waals surface area contributed by atoms with Gasteiger partial charge in [-0.3, -0.25) is 9.69 Å². The number of hydrogen-bond donors (Lipinski definition) is 2. The van der Waals surface area contributed by atoms with Crippen molar-refractivity contribution in [3.63, 3.8) is 0 Å². The fourth-order valence-electron chi connectivity index (χ4n) is 4.69. The summed E-state index contributed by atoms with van der Waals surface area (Å²) in [7, 11) is 1.59. The summed E-state index contributed by atoms with van der Waals surface area (Å²) in [5, 5.41) is 7.94. The first kappa shape index (κ1) is 22.8. The lowest BCUT2D eigenvalue weighted by Gasteiger charge is -2.56. The van der Waals surface area contributed by atoms with Crippen LogP contribution in [-0.4, -0.2) is 23.9 Å². The molecule has 1 saturated heterocycles. The van der Waals surface area contributed by atoms with Gasteiger partial charge in [-0.15, -0.1) is 0 Å². The Balaban J connectivity index is 1.65. The second kappa shape index (κ2) is 8.65. The number of nitrogens with zero attached hydrogens (tertiary/aromatic N) is 1. The number of rotatable bonds is 4. The number of carbonyl (C=O) groups is 1. The maximum atomic E-state index is 13.8. The van der Waals surface area contributed by atoms with Gasteiger partial charge in [-0.1, -0.05) is 41.4 Å². The molecule has 5 rings (SSSR count). The molecule has 2 bridgehead atoms. The number of carbonyl (C=O) groups excluding carboxylic acids is 1. The Morgan fingerprint density at radius 2 is 1.85 bits per heavy atom. The third kappa shape index (κ3) is 3.74. The van der Waals surface area contributed by atoms with Crippen LogP contribution in [0, 0.1) is 5.92 Å². The molecule has 3 aromatic rings. The predicted molar refractivity (Wildman–Crippen MR) is 138 cm³/mol. The molecule has 6 nitrogen and oxygen atoms in total. The van der Waals surface area contributed by atoms with Gasteiger partial charge in [0.1, 0.15) is 5.92 Å². The molecule has 174 valence electrons. The molecular weight excluding hydrogens is 493 g/mol. The van der Waals surface area contributed by atoms with Gasteiger partial charge in [-0.05, 0) is 67.7 Å². The lowest BCUT2D eigenvalue weighted by Crippen LogP contribution is -2.72. The number of ether oxygens (including phenoxy) is 2. The zero-order valence-electron chi connectivity index (χ0n) is 18.3. The van der Waals surface area contributed by atoms with E-state index < -0.39 is 17.7 Å². The van der Waals surface area contributed by atoms with Gasteiger partial charge in [0, 0.05) is 27.0 Å². The number of amides is 1. The summed E-state index contributed by atoms with van der Waals surface area (Å²) in [5.41, 5.74) is 0.940. The molecule has 0 spiro atoms. The Hall–Kier alpha value is -3.00. The largest absolute Gasteiger partial charge is 0.493 e. The zero-order valence-corrected chi connectivity index (χ0v) is 20.7. The lowest BCUT2D eigenvalue weighted by atomic mass is 9.78. The molecule has 0 unspecified atom stereocenters. The molecule has 34 heavy (non-hydrogen) atoms. The minimum absolute atomic E-state index is 0.231. The Labute approximate surface area is 212 Å². The van der Waals surface area contributed by atoms with Crippen molar-refractivity contribution in [3.05, 3.63) is 82.3 Å². The van der Waals surface area contributed by atoms with Crippen LogP contribution in [0.25, 0.3) is 0 Å². The van der Waals surface area contributed by atoms with Gasteiger partial charge >= 0.3 is 0 Å². The number of methoxy groups -OCH3 is 1. The van der Waals surface area contributed by atoms with Crippen LogP contribution >= 0.6 is 35.4 Å². The summed E-state index contributed by atoms with van der Waals surface area (Å²) < 4.78 is 12.2. The number of benzene rings is 3. The molecule has 2 aliphatic heterocycles. The third-order valence-electron chi connectivity index (χ3n) is 6.17. The third-order valence-corrected chi connectivity index (χ3v) is 6.96. The molecule has 1 amide bonds. The van der Waals surface area contributed by atoms with Crippen LogP contribution in [0.1, 0.15) is 18.5 Å². The van der Waals surface area contributed by atoms with Crippen LogP contribution in [0.3, 0.4) is 0 Å². The number of nitrogens with one attached hydrogen (secondary N) is 2. The summed E-state index contributed by atoms with van der Waals surface area (Å²) in [4.78, 5) is 15.6.